The van der Waals surface area contributed by atoms with Gasteiger partial charge in [0.15, 0.2) is 0 Å². The highest BCUT2D eigenvalue weighted by atomic mass is 16.5. The van der Waals surface area contributed by atoms with Gasteiger partial charge in [-0.25, -0.2) is 0 Å². The maximum absolute atomic E-state index is 9.31. The van der Waals surface area contributed by atoms with Crippen LogP contribution in [0.3, 0.4) is 0 Å². The summed E-state index contributed by atoms with van der Waals surface area (Å²) in [6.07, 6.45) is 0.205. The SMILES string of the molecule is C[C@@H]1CN(c2oc(-c3ccccc3)nc2C#N)C[C@@H](C)O1. The van der Waals surface area contributed by atoms with Crippen LogP contribution >= 0.6 is 0 Å². The minimum atomic E-state index is 0.102. The Labute approximate surface area is 123 Å². The van der Waals surface area contributed by atoms with Gasteiger partial charge < -0.3 is 14.1 Å². The number of hydrogen-bond acceptors (Lipinski definition) is 5. The van der Waals surface area contributed by atoms with Gasteiger partial charge in [0.2, 0.25) is 17.5 Å². The van der Waals surface area contributed by atoms with Crippen molar-refractivity contribution in [1.82, 2.24) is 4.98 Å². The second kappa shape index (κ2) is 5.58. The van der Waals surface area contributed by atoms with Gasteiger partial charge in [-0.1, -0.05) is 18.2 Å². The van der Waals surface area contributed by atoms with Crippen LogP contribution in [-0.4, -0.2) is 30.3 Å². The molecule has 108 valence electrons. The Bertz CT molecular complexity index is 650. The molecule has 3 rings (SSSR count). The first-order valence-corrected chi connectivity index (χ1v) is 7.04. The molecule has 1 aliphatic heterocycles. The first kappa shape index (κ1) is 13.7. The molecule has 1 aliphatic rings. The van der Waals surface area contributed by atoms with Crippen LogP contribution in [0.2, 0.25) is 0 Å². The van der Waals surface area contributed by atoms with Gasteiger partial charge >= 0.3 is 0 Å². The lowest BCUT2D eigenvalue weighted by atomic mass is 10.2. The third-order valence-electron chi connectivity index (χ3n) is 3.44. The van der Waals surface area contributed by atoms with Gasteiger partial charge in [-0.3, -0.25) is 0 Å². The maximum Gasteiger partial charge on any atom is 0.235 e. The predicted molar refractivity (Wildman–Crippen MR) is 78.9 cm³/mol. The molecule has 5 nitrogen and oxygen atoms in total. The molecule has 0 N–H and O–H groups in total. The molecule has 0 radical (unpaired) electrons. The predicted octanol–water partition coefficient (Wildman–Crippen LogP) is 2.83. The fourth-order valence-electron chi connectivity index (χ4n) is 2.65. The standard InChI is InChI=1S/C16H17N3O2/c1-11-9-19(10-12(2)20-11)16-14(8-17)18-15(21-16)13-6-4-3-5-7-13/h3-7,11-12H,9-10H2,1-2H3/t11-,12-/m1/s1. The zero-order valence-electron chi connectivity index (χ0n) is 12.1. The van der Waals surface area contributed by atoms with Crippen molar-refractivity contribution in [2.45, 2.75) is 26.1 Å². The number of benzene rings is 1. The Balaban J connectivity index is 1.96. The Morgan fingerprint density at radius 2 is 1.86 bits per heavy atom. The Morgan fingerprint density at radius 1 is 1.19 bits per heavy atom. The Kier molecular flexibility index (Phi) is 3.63. The Morgan fingerprint density at radius 3 is 2.48 bits per heavy atom. The number of ether oxygens (including phenoxy) is 1. The van der Waals surface area contributed by atoms with Crippen molar-refractivity contribution in [3.63, 3.8) is 0 Å². The molecule has 2 aromatic rings. The van der Waals surface area contributed by atoms with Crippen LogP contribution in [0.4, 0.5) is 5.88 Å². The normalized spacial score (nSPS) is 22.0. The van der Waals surface area contributed by atoms with E-state index in [1.54, 1.807) is 0 Å². The van der Waals surface area contributed by atoms with Crippen molar-refractivity contribution in [2.75, 3.05) is 18.0 Å². The van der Waals surface area contributed by atoms with Crippen LogP contribution < -0.4 is 4.90 Å². The Hall–Kier alpha value is -2.32. The van der Waals surface area contributed by atoms with E-state index in [9.17, 15) is 5.26 Å². The molecule has 5 heteroatoms. The smallest absolute Gasteiger partial charge is 0.235 e. The van der Waals surface area contributed by atoms with E-state index >= 15 is 0 Å². The molecular weight excluding hydrogens is 266 g/mol. The monoisotopic (exact) mass is 283 g/mol. The van der Waals surface area contributed by atoms with E-state index in [0.717, 1.165) is 5.56 Å². The fraction of sp³-hybridized carbons (Fsp3) is 0.375. The third-order valence-corrected chi connectivity index (χ3v) is 3.44. The largest absolute Gasteiger partial charge is 0.419 e. The molecule has 2 heterocycles. The number of hydrogen-bond donors (Lipinski definition) is 0. The van der Waals surface area contributed by atoms with Gasteiger partial charge in [0.1, 0.15) is 6.07 Å². The first-order valence-electron chi connectivity index (χ1n) is 7.04. The highest BCUT2D eigenvalue weighted by molar-refractivity contribution is 5.59. The summed E-state index contributed by atoms with van der Waals surface area (Å²) < 4.78 is 11.6. The van der Waals surface area contributed by atoms with E-state index in [1.807, 2.05) is 49.1 Å². The van der Waals surface area contributed by atoms with Gasteiger partial charge in [-0.2, -0.15) is 10.2 Å². The minimum Gasteiger partial charge on any atom is -0.419 e. The van der Waals surface area contributed by atoms with Crippen molar-refractivity contribution in [2.24, 2.45) is 0 Å². The molecule has 0 saturated carbocycles. The summed E-state index contributed by atoms with van der Waals surface area (Å²) in [7, 11) is 0. The summed E-state index contributed by atoms with van der Waals surface area (Å²) in [6, 6.07) is 11.7. The molecular formula is C16H17N3O2. The lowest BCUT2D eigenvalue weighted by molar-refractivity contribution is -0.00638. The number of nitriles is 1. The fourth-order valence-corrected chi connectivity index (χ4v) is 2.65. The van der Waals surface area contributed by atoms with Gasteiger partial charge in [-0.05, 0) is 26.0 Å². The maximum atomic E-state index is 9.31. The summed E-state index contributed by atoms with van der Waals surface area (Å²) in [5.74, 6) is 1.02. The first-order chi connectivity index (χ1) is 10.2. The van der Waals surface area contributed by atoms with E-state index in [2.05, 4.69) is 11.1 Å². The number of morpholine rings is 1. The van der Waals surface area contributed by atoms with Gasteiger partial charge in [0, 0.05) is 18.7 Å². The molecule has 0 bridgehead atoms. The van der Waals surface area contributed by atoms with E-state index in [0.29, 0.717) is 30.6 Å². The van der Waals surface area contributed by atoms with Crippen LogP contribution in [-0.2, 0) is 4.74 Å². The molecule has 21 heavy (non-hydrogen) atoms. The topological polar surface area (TPSA) is 62.3 Å². The minimum absolute atomic E-state index is 0.102. The molecule has 0 aliphatic carbocycles. The molecule has 1 aromatic heterocycles. The number of rotatable bonds is 2. The summed E-state index contributed by atoms with van der Waals surface area (Å²) in [5, 5.41) is 9.31. The zero-order chi connectivity index (χ0) is 14.8. The van der Waals surface area contributed by atoms with E-state index in [-0.39, 0.29) is 12.2 Å². The average molecular weight is 283 g/mol. The molecule has 2 atom stereocenters. The van der Waals surface area contributed by atoms with Crippen molar-refractivity contribution in [3.05, 3.63) is 36.0 Å². The highest BCUT2D eigenvalue weighted by Crippen LogP contribution is 2.29. The number of aromatic nitrogens is 1. The molecule has 1 fully saturated rings. The van der Waals surface area contributed by atoms with Crippen molar-refractivity contribution >= 4 is 5.88 Å². The van der Waals surface area contributed by atoms with E-state index < -0.39 is 0 Å². The molecule has 0 spiro atoms. The highest BCUT2D eigenvalue weighted by Gasteiger charge is 2.28. The van der Waals surface area contributed by atoms with Crippen LogP contribution in [0.1, 0.15) is 19.5 Å². The van der Waals surface area contributed by atoms with Crippen LogP contribution in [0.15, 0.2) is 34.7 Å². The van der Waals surface area contributed by atoms with Crippen molar-refractivity contribution in [1.29, 1.82) is 5.26 Å². The molecule has 1 aromatic carbocycles. The van der Waals surface area contributed by atoms with Crippen molar-refractivity contribution in [3.8, 4) is 17.5 Å². The van der Waals surface area contributed by atoms with Crippen LogP contribution in [0.25, 0.3) is 11.5 Å². The summed E-state index contributed by atoms with van der Waals surface area (Å²) in [5.41, 5.74) is 1.20. The lowest BCUT2D eigenvalue weighted by Crippen LogP contribution is -2.45. The summed E-state index contributed by atoms with van der Waals surface area (Å²) >= 11 is 0. The van der Waals surface area contributed by atoms with Crippen LogP contribution in [0, 0.1) is 11.3 Å². The zero-order valence-corrected chi connectivity index (χ0v) is 12.1. The molecule has 1 saturated heterocycles. The lowest BCUT2D eigenvalue weighted by Gasteiger charge is -2.34. The van der Waals surface area contributed by atoms with Gasteiger partial charge in [0.25, 0.3) is 0 Å². The summed E-state index contributed by atoms with van der Waals surface area (Å²) in [4.78, 5) is 6.35. The van der Waals surface area contributed by atoms with Gasteiger partial charge in [-0.15, -0.1) is 0 Å². The number of anilines is 1. The van der Waals surface area contributed by atoms with E-state index in [4.69, 9.17) is 9.15 Å². The average Bonchev–Trinajstić information content (AvgIpc) is 2.91. The number of oxazole rings is 1. The third kappa shape index (κ3) is 2.76. The molecule has 0 amide bonds. The van der Waals surface area contributed by atoms with Gasteiger partial charge in [0.05, 0.1) is 12.2 Å². The second-order valence-corrected chi connectivity index (χ2v) is 5.31. The molecule has 0 unspecified atom stereocenters. The van der Waals surface area contributed by atoms with E-state index in [1.165, 1.54) is 0 Å². The quantitative estimate of drug-likeness (QED) is 0.848. The summed E-state index contributed by atoms with van der Waals surface area (Å²) in [6.45, 7) is 5.43. The second-order valence-electron chi connectivity index (χ2n) is 5.31. The van der Waals surface area contributed by atoms with Crippen molar-refractivity contribution < 1.29 is 9.15 Å². The number of nitrogens with zero attached hydrogens (tertiary/aromatic N) is 3. The van der Waals surface area contributed by atoms with Crippen LogP contribution in [0.5, 0.6) is 0 Å².